The number of rotatable bonds is 6. The number of carbonyl (C=O) groups excluding carboxylic acids is 1. The van der Waals surface area contributed by atoms with Crippen LogP contribution in [0.25, 0.3) is 0 Å². The maximum Gasteiger partial charge on any atom is 0.257 e. The maximum atomic E-state index is 14.4. The van der Waals surface area contributed by atoms with Gasteiger partial charge in [-0.3, -0.25) is 4.79 Å². The molecule has 26 heavy (non-hydrogen) atoms. The molecule has 5 nitrogen and oxygen atoms in total. The lowest BCUT2D eigenvalue weighted by Gasteiger charge is -2.36. The molecule has 1 aromatic rings. The SMILES string of the molecule is CCNS(=O)(=O)c1ccc(F)c(C(=O)N(C2CCC(C)CC2)C2CC2)c1. The van der Waals surface area contributed by atoms with Gasteiger partial charge in [0.25, 0.3) is 5.91 Å². The number of amides is 1. The van der Waals surface area contributed by atoms with Crippen LogP contribution in [0.4, 0.5) is 4.39 Å². The molecule has 2 fully saturated rings. The quantitative estimate of drug-likeness (QED) is 0.821. The monoisotopic (exact) mass is 382 g/mol. The fourth-order valence-electron chi connectivity index (χ4n) is 3.75. The summed E-state index contributed by atoms with van der Waals surface area (Å²) >= 11 is 0. The van der Waals surface area contributed by atoms with Crippen LogP contribution < -0.4 is 4.72 Å². The van der Waals surface area contributed by atoms with Gasteiger partial charge < -0.3 is 4.90 Å². The minimum atomic E-state index is -3.73. The van der Waals surface area contributed by atoms with Crippen molar-refractivity contribution in [2.45, 2.75) is 69.4 Å². The first-order valence-electron chi connectivity index (χ1n) is 9.45. The number of sulfonamides is 1. The van der Waals surface area contributed by atoms with Crippen molar-refractivity contribution in [2.24, 2.45) is 5.92 Å². The van der Waals surface area contributed by atoms with Crippen LogP contribution in [0.3, 0.4) is 0 Å². The second-order valence-electron chi connectivity index (χ2n) is 7.50. The third kappa shape index (κ3) is 4.09. The summed E-state index contributed by atoms with van der Waals surface area (Å²) in [5, 5.41) is 0. The lowest BCUT2D eigenvalue weighted by Crippen LogP contribution is -2.44. The summed E-state index contributed by atoms with van der Waals surface area (Å²) < 4.78 is 41.2. The van der Waals surface area contributed by atoms with Gasteiger partial charge in [0, 0.05) is 18.6 Å². The van der Waals surface area contributed by atoms with Gasteiger partial charge in [0.2, 0.25) is 10.0 Å². The fraction of sp³-hybridized carbons (Fsp3) is 0.632. The van der Waals surface area contributed by atoms with Gasteiger partial charge in [0.05, 0.1) is 10.5 Å². The molecule has 2 saturated carbocycles. The zero-order valence-corrected chi connectivity index (χ0v) is 16.2. The molecule has 0 heterocycles. The molecule has 0 saturated heterocycles. The van der Waals surface area contributed by atoms with Crippen molar-refractivity contribution in [1.29, 1.82) is 0 Å². The van der Waals surface area contributed by atoms with Crippen LogP contribution >= 0.6 is 0 Å². The van der Waals surface area contributed by atoms with Gasteiger partial charge in [-0.05, 0) is 62.6 Å². The lowest BCUT2D eigenvalue weighted by atomic mass is 9.86. The van der Waals surface area contributed by atoms with Crippen molar-refractivity contribution in [1.82, 2.24) is 9.62 Å². The molecule has 0 aromatic heterocycles. The first-order chi connectivity index (χ1) is 12.3. The summed E-state index contributed by atoms with van der Waals surface area (Å²) in [5.74, 6) is -0.383. The van der Waals surface area contributed by atoms with Crippen LogP contribution in [0.1, 0.15) is 62.7 Å². The Morgan fingerprint density at radius 3 is 2.27 bits per heavy atom. The molecule has 1 N–H and O–H groups in total. The number of halogens is 1. The van der Waals surface area contributed by atoms with Crippen molar-refractivity contribution in [3.05, 3.63) is 29.6 Å². The van der Waals surface area contributed by atoms with E-state index in [4.69, 9.17) is 0 Å². The second-order valence-corrected chi connectivity index (χ2v) is 9.27. The molecule has 0 unspecified atom stereocenters. The summed E-state index contributed by atoms with van der Waals surface area (Å²) in [5.41, 5.74) is -0.144. The van der Waals surface area contributed by atoms with Crippen molar-refractivity contribution in [3.63, 3.8) is 0 Å². The summed E-state index contributed by atoms with van der Waals surface area (Å²) in [6.07, 6.45) is 5.88. The van der Waals surface area contributed by atoms with E-state index >= 15 is 0 Å². The number of nitrogens with one attached hydrogen (secondary N) is 1. The second kappa shape index (κ2) is 7.64. The van der Waals surface area contributed by atoms with E-state index in [0.29, 0.717) is 5.92 Å². The molecule has 2 aliphatic rings. The lowest BCUT2D eigenvalue weighted by molar-refractivity contribution is 0.0588. The van der Waals surface area contributed by atoms with Gasteiger partial charge in [0.1, 0.15) is 5.82 Å². The van der Waals surface area contributed by atoms with Gasteiger partial charge in [-0.25, -0.2) is 17.5 Å². The molecular formula is C19H27FN2O3S. The Balaban J connectivity index is 1.90. The first kappa shape index (κ1) is 19.3. The maximum absolute atomic E-state index is 14.4. The first-order valence-corrected chi connectivity index (χ1v) is 10.9. The number of nitrogens with zero attached hydrogens (tertiary/aromatic N) is 1. The predicted octanol–water partition coefficient (Wildman–Crippen LogP) is 3.31. The summed E-state index contributed by atoms with van der Waals surface area (Å²) in [6.45, 7) is 4.12. The molecule has 0 spiro atoms. The largest absolute Gasteiger partial charge is 0.333 e. The van der Waals surface area contributed by atoms with E-state index in [2.05, 4.69) is 11.6 Å². The van der Waals surface area contributed by atoms with Gasteiger partial charge in [-0.1, -0.05) is 13.8 Å². The number of carbonyl (C=O) groups is 1. The molecule has 3 rings (SSSR count). The average molecular weight is 383 g/mol. The zero-order chi connectivity index (χ0) is 18.9. The number of hydrogen-bond acceptors (Lipinski definition) is 3. The van der Waals surface area contributed by atoms with Gasteiger partial charge in [-0.15, -0.1) is 0 Å². The summed E-state index contributed by atoms with van der Waals surface area (Å²) in [7, 11) is -3.73. The molecule has 0 radical (unpaired) electrons. The highest BCUT2D eigenvalue weighted by Gasteiger charge is 2.39. The van der Waals surface area contributed by atoms with Gasteiger partial charge >= 0.3 is 0 Å². The fourth-order valence-corrected chi connectivity index (χ4v) is 4.82. The number of hydrogen-bond donors (Lipinski definition) is 1. The molecule has 7 heteroatoms. The van der Waals surface area contributed by atoms with E-state index in [-0.39, 0.29) is 35.0 Å². The Morgan fingerprint density at radius 2 is 1.73 bits per heavy atom. The standard InChI is InChI=1S/C19H27FN2O3S/c1-3-21-26(24,25)16-10-11-18(20)17(12-16)19(23)22(15-8-9-15)14-6-4-13(2)5-7-14/h10-15,21H,3-9H2,1-2H3. The average Bonchev–Trinajstić information content (AvgIpc) is 3.42. The highest BCUT2D eigenvalue weighted by atomic mass is 32.2. The number of benzene rings is 1. The van der Waals surface area contributed by atoms with E-state index in [0.717, 1.165) is 44.6 Å². The molecule has 1 aromatic carbocycles. The van der Waals surface area contributed by atoms with Crippen molar-refractivity contribution in [2.75, 3.05) is 6.54 Å². The van der Waals surface area contributed by atoms with Crippen LogP contribution in [-0.2, 0) is 10.0 Å². The third-order valence-electron chi connectivity index (χ3n) is 5.37. The van der Waals surface area contributed by atoms with Crippen LogP contribution in [0.2, 0.25) is 0 Å². The smallest absolute Gasteiger partial charge is 0.257 e. The van der Waals surface area contributed by atoms with E-state index in [1.165, 1.54) is 12.1 Å². The topological polar surface area (TPSA) is 66.5 Å². The summed E-state index contributed by atoms with van der Waals surface area (Å²) in [4.78, 5) is 14.9. The highest BCUT2D eigenvalue weighted by molar-refractivity contribution is 7.89. The van der Waals surface area contributed by atoms with E-state index in [1.807, 2.05) is 4.90 Å². The predicted molar refractivity (Wildman–Crippen MR) is 97.9 cm³/mol. The molecule has 0 atom stereocenters. The molecule has 1 amide bonds. The molecule has 0 aliphatic heterocycles. The Bertz CT molecular complexity index is 769. The van der Waals surface area contributed by atoms with Gasteiger partial charge in [0.15, 0.2) is 0 Å². The molecule has 2 aliphatic carbocycles. The third-order valence-corrected chi connectivity index (χ3v) is 6.91. The Kier molecular flexibility index (Phi) is 5.67. The Labute approximate surface area is 155 Å². The summed E-state index contributed by atoms with van der Waals surface area (Å²) in [6, 6.07) is 3.74. The Hall–Kier alpha value is -1.47. The van der Waals surface area contributed by atoms with E-state index in [1.54, 1.807) is 6.92 Å². The van der Waals surface area contributed by atoms with Crippen LogP contribution in [-0.4, -0.2) is 37.9 Å². The zero-order valence-electron chi connectivity index (χ0n) is 15.4. The molecular weight excluding hydrogens is 355 g/mol. The minimum Gasteiger partial charge on any atom is -0.333 e. The van der Waals surface area contributed by atoms with Crippen LogP contribution in [0.5, 0.6) is 0 Å². The van der Waals surface area contributed by atoms with Crippen LogP contribution in [0.15, 0.2) is 23.1 Å². The van der Waals surface area contributed by atoms with Crippen molar-refractivity contribution >= 4 is 15.9 Å². The Morgan fingerprint density at radius 1 is 1.15 bits per heavy atom. The molecule has 0 bridgehead atoms. The van der Waals surface area contributed by atoms with Crippen molar-refractivity contribution < 1.29 is 17.6 Å². The van der Waals surface area contributed by atoms with E-state index < -0.39 is 15.8 Å². The van der Waals surface area contributed by atoms with Crippen molar-refractivity contribution in [3.8, 4) is 0 Å². The van der Waals surface area contributed by atoms with Gasteiger partial charge in [-0.2, -0.15) is 0 Å². The normalized spacial score (nSPS) is 23.7. The highest BCUT2D eigenvalue weighted by Crippen LogP contribution is 2.36. The van der Waals surface area contributed by atoms with E-state index in [9.17, 15) is 17.6 Å². The molecule has 144 valence electrons. The van der Waals surface area contributed by atoms with Crippen LogP contribution in [0, 0.1) is 11.7 Å². The minimum absolute atomic E-state index is 0.0721.